The van der Waals surface area contributed by atoms with Crippen LogP contribution in [0, 0.1) is 0 Å². The number of esters is 1. The summed E-state index contributed by atoms with van der Waals surface area (Å²) < 4.78 is 10.3. The highest BCUT2D eigenvalue weighted by Crippen LogP contribution is 2.42. The van der Waals surface area contributed by atoms with Crippen molar-refractivity contribution in [2.45, 2.75) is 13.5 Å². The molecule has 0 spiro atoms. The molecule has 0 aliphatic rings. The summed E-state index contributed by atoms with van der Waals surface area (Å²) in [6, 6.07) is 25.9. The Bertz CT molecular complexity index is 1120. The summed E-state index contributed by atoms with van der Waals surface area (Å²) in [6.45, 7) is 5.37. The van der Waals surface area contributed by atoms with E-state index < -0.39 is 18.1 Å². The van der Waals surface area contributed by atoms with E-state index in [9.17, 15) is 9.59 Å². The lowest BCUT2D eigenvalue weighted by molar-refractivity contribution is -0.138. The fourth-order valence-corrected chi connectivity index (χ4v) is 6.98. The van der Waals surface area contributed by atoms with Crippen LogP contribution < -0.4 is 21.2 Å². The first kappa shape index (κ1) is 24.4. The van der Waals surface area contributed by atoms with Crippen molar-refractivity contribution in [1.82, 2.24) is 5.32 Å². The molecule has 7 heteroatoms. The molecule has 0 aliphatic heterocycles. The van der Waals surface area contributed by atoms with Gasteiger partial charge in [-0.05, 0) is 34.5 Å². The molecule has 3 aromatic rings. The molecule has 0 saturated carbocycles. The first-order valence-electron chi connectivity index (χ1n) is 10.5. The van der Waals surface area contributed by atoms with Gasteiger partial charge in [0.05, 0.1) is 6.54 Å². The fourth-order valence-electron chi connectivity index (χ4n) is 3.19. The number of rotatable bonds is 9. The van der Waals surface area contributed by atoms with Crippen LogP contribution in [0.4, 0.5) is 4.79 Å². The Hall–Kier alpha value is -3.21. The van der Waals surface area contributed by atoms with Crippen LogP contribution in [0.25, 0.3) is 0 Å². The second-order valence-corrected chi connectivity index (χ2v) is 11.8. The van der Waals surface area contributed by atoms with Crippen LogP contribution >= 0.6 is 6.04 Å². The Labute approximate surface area is 199 Å². The quantitative estimate of drug-likeness (QED) is 0.219. The van der Waals surface area contributed by atoms with Gasteiger partial charge in [-0.15, -0.1) is 0 Å². The van der Waals surface area contributed by atoms with Crippen LogP contribution in [0.5, 0.6) is 0 Å². The van der Waals surface area contributed by atoms with Crippen LogP contribution in [0.15, 0.2) is 97.1 Å². The van der Waals surface area contributed by atoms with Gasteiger partial charge in [0.1, 0.15) is 13.2 Å². The minimum Gasteiger partial charge on any atom is -0.460 e. The zero-order valence-electron chi connectivity index (χ0n) is 18.4. The number of ether oxygens (including phenoxy) is 2. The molecular formula is C26H26NO4PS. The van der Waals surface area contributed by atoms with Crippen molar-refractivity contribution in [1.29, 1.82) is 0 Å². The first-order valence-corrected chi connectivity index (χ1v) is 13.3. The van der Waals surface area contributed by atoms with Gasteiger partial charge in [-0.2, -0.15) is 0 Å². The zero-order chi connectivity index (χ0) is 23.7. The van der Waals surface area contributed by atoms with E-state index in [1.165, 1.54) is 0 Å². The van der Waals surface area contributed by atoms with Gasteiger partial charge in [0, 0.05) is 11.6 Å². The molecule has 0 bridgehead atoms. The van der Waals surface area contributed by atoms with Gasteiger partial charge in [-0.3, -0.25) is 0 Å². The van der Waals surface area contributed by atoms with Crippen molar-refractivity contribution in [2.75, 3.05) is 13.2 Å². The van der Waals surface area contributed by atoms with Gasteiger partial charge in [0.15, 0.2) is 0 Å². The van der Waals surface area contributed by atoms with E-state index in [1.807, 2.05) is 60.7 Å². The maximum absolute atomic E-state index is 12.0. The topological polar surface area (TPSA) is 64.6 Å². The predicted octanol–water partition coefficient (Wildman–Crippen LogP) is 3.79. The van der Waals surface area contributed by atoms with Gasteiger partial charge in [0.25, 0.3) is 0 Å². The van der Waals surface area contributed by atoms with E-state index in [4.69, 9.17) is 21.3 Å². The van der Waals surface area contributed by atoms with Crippen molar-refractivity contribution in [3.05, 3.63) is 103 Å². The van der Waals surface area contributed by atoms with Gasteiger partial charge in [-0.1, -0.05) is 97.2 Å². The summed E-state index contributed by atoms with van der Waals surface area (Å²) in [5.74, 6) is -0.491. The third-order valence-electron chi connectivity index (χ3n) is 4.84. The molecule has 3 aromatic carbocycles. The molecule has 0 saturated heterocycles. The van der Waals surface area contributed by atoms with Crippen molar-refractivity contribution in [2.24, 2.45) is 0 Å². The number of hydrogen-bond acceptors (Lipinski definition) is 5. The van der Waals surface area contributed by atoms with E-state index in [2.05, 4.69) is 36.2 Å². The number of carbonyl (C=O) groups excluding carboxylic acids is 2. The van der Waals surface area contributed by atoms with E-state index in [1.54, 1.807) is 6.92 Å². The first-order chi connectivity index (χ1) is 15.9. The minimum atomic E-state index is -2.27. The zero-order valence-corrected chi connectivity index (χ0v) is 20.1. The highest BCUT2D eigenvalue weighted by atomic mass is 32.4. The molecule has 0 unspecified atom stereocenters. The van der Waals surface area contributed by atoms with Crippen LogP contribution in [0.2, 0.25) is 0 Å². The number of hydrogen-bond donors (Lipinski definition) is 1. The number of benzene rings is 3. The third kappa shape index (κ3) is 6.41. The van der Waals surface area contributed by atoms with Crippen LogP contribution in [-0.4, -0.2) is 25.2 Å². The second-order valence-electron chi connectivity index (χ2n) is 7.37. The number of carbonyl (C=O) groups is 2. The lowest BCUT2D eigenvalue weighted by Gasteiger charge is -2.24. The Morgan fingerprint density at radius 3 is 2.03 bits per heavy atom. The SMILES string of the molecule is C=C(C)C(=O)OCCNC(=O)OCc1cccc(P(=S)(c2ccccc2)c2ccccc2)c1. The highest BCUT2D eigenvalue weighted by molar-refractivity contribution is 8.25. The number of amides is 1. The fraction of sp³-hybridized carbons (Fsp3) is 0.154. The molecule has 1 amide bonds. The Kier molecular flexibility index (Phi) is 8.58. The molecule has 0 aliphatic carbocycles. The molecule has 0 atom stereocenters. The average molecular weight is 480 g/mol. The summed E-state index contributed by atoms with van der Waals surface area (Å²) in [7, 11) is 0. The van der Waals surface area contributed by atoms with Crippen molar-refractivity contribution in [3.8, 4) is 0 Å². The van der Waals surface area contributed by atoms with Crippen molar-refractivity contribution in [3.63, 3.8) is 0 Å². The van der Waals surface area contributed by atoms with Crippen molar-refractivity contribution >= 4 is 45.8 Å². The predicted molar refractivity (Wildman–Crippen MR) is 136 cm³/mol. The number of alkyl carbamates (subject to hydrolysis) is 1. The summed E-state index contributed by atoms with van der Waals surface area (Å²) in [5, 5.41) is 5.80. The molecular weight excluding hydrogens is 453 g/mol. The maximum atomic E-state index is 12.0. The van der Waals surface area contributed by atoms with E-state index >= 15 is 0 Å². The summed E-state index contributed by atoms with van der Waals surface area (Å²) >= 11 is 6.35. The standard InChI is InChI=1S/C26H26NO4PS/c1-20(2)25(28)30-17-16-27-26(29)31-19-21-10-9-15-24(18-21)32(33,22-11-5-3-6-12-22)23-13-7-4-8-14-23/h3-15,18H,1,16-17,19H2,2H3,(H,27,29). The van der Waals surface area contributed by atoms with Crippen molar-refractivity contribution < 1.29 is 19.1 Å². The molecule has 3 rings (SSSR count). The Morgan fingerprint density at radius 2 is 1.45 bits per heavy atom. The molecule has 170 valence electrons. The van der Waals surface area contributed by atoms with Gasteiger partial charge >= 0.3 is 12.1 Å². The molecule has 33 heavy (non-hydrogen) atoms. The van der Waals surface area contributed by atoms with Gasteiger partial charge < -0.3 is 14.8 Å². The lowest BCUT2D eigenvalue weighted by atomic mass is 10.2. The highest BCUT2D eigenvalue weighted by Gasteiger charge is 2.24. The van der Waals surface area contributed by atoms with E-state index in [0.717, 1.165) is 21.5 Å². The van der Waals surface area contributed by atoms with Crippen LogP contribution in [0.1, 0.15) is 12.5 Å². The average Bonchev–Trinajstić information content (AvgIpc) is 2.86. The normalized spacial score (nSPS) is 10.8. The monoisotopic (exact) mass is 479 g/mol. The van der Waals surface area contributed by atoms with Gasteiger partial charge in [0.2, 0.25) is 0 Å². The molecule has 0 aromatic heterocycles. The smallest absolute Gasteiger partial charge is 0.407 e. The summed E-state index contributed by atoms with van der Waals surface area (Å²) in [5.41, 5.74) is 1.15. The molecule has 0 fully saturated rings. The van der Waals surface area contributed by atoms with Crippen LogP contribution in [0.3, 0.4) is 0 Å². The summed E-state index contributed by atoms with van der Waals surface area (Å²) in [6.07, 6.45) is -0.586. The molecule has 1 N–H and O–H groups in total. The maximum Gasteiger partial charge on any atom is 0.407 e. The molecule has 0 radical (unpaired) electrons. The van der Waals surface area contributed by atoms with E-state index in [0.29, 0.717) is 5.57 Å². The Morgan fingerprint density at radius 1 is 0.879 bits per heavy atom. The van der Waals surface area contributed by atoms with E-state index in [-0.39, 0.29) is 19.8 Å². The summed E-state index contributed by atoms with van der Waals surface area (Å²) in [4.78, 5) is 23.4. The Balaban J connectivity index is 1.70. The molecule has 0 heterocycles. The molecule has 5 nitrogen and oxygen atoms in total. The lowest BCUT2D eigenvalue weighted by Crippen LogP contribution is -2.29. The minimum absolute atomic E-state index is 0.0490. The third-order valence-corrected chi connectivity index (χ3v) is 9.79. The van der Waals surface area contributed by atoms with Gasteiger partial charge in [-0.25, -0.2) is 9.59 Å². The second kappa shape index (κ2) is 11.6. The number of nitrogens with one attached hydrogen (secondary N) is 1. The largest absolute Gasteiger partial charge is 0.460 e. The van der Waals surface area contributed by atoms with Crippen LogP contribution in [-0.2, 0) is 32.7 Å².